The molecule has 0 aliphatic carbocycles. The van der Waals surface area contributed by atoms with Crippen LogP contribution in [0.2, 0.25) is 5.02 Å². The number of carbonyl (C=O) groups excluding carboxylic acids is 1. The van der Waals surface area contributed by atoms with E-state index >= 15 is 0 Å². The van der Waals surface area contributed by atoms with Crippen LogP contribution < -0.4 is 10.6 Å². The van der Waals surface area contributed by atoms with Gasteiger partial charge in [0, 0.05) is 58.1 Å². The zero-order valence-electron chi connectivity index (χ0n) is 17.2. The summed E-state index contributed by atoms with van der Waals surface area (Å²) in [6, 6.07) is 20.3. The number of aliphatic hydroxyl groups excluding tert-OH is 1. The van der Waals surface area contributed by atoms with E-state index in [0.29, 0.717) is 30.1 Å². The fraction of sp³-hybridized carbons (Fsp3) is 0.160. The molecule has 0 saturated carbocycles. The number of hydrogen-bond donors (Lipinski definition) is 4. The smallest absolute Gasteiger partial charge is 0.252 e. The summed E-state index contributed by atoms with van der Waals surface area (Å²) in [7, 11) is 0. The van der Waals surface area contributed by atoms with E-state index in [1.54, 1.807) is 0 Å². The van der Waals surface area contributed by atoms with Crippen LogP contribution in [0.5, 0.6) is 0 Å². The van der Waals surface area contributed by atoms with Crippen LogP contribution in [-0.4, -0.2) is 22.6 Å². The molecule has 3 aromatic carbocycles. The molecular weight excluding hydrogens is 445 g/mol. The van der Waals surface area contributed by atoms with E-state index < -0.39 is 0 Å². The molecule has 0 saturated heterocycles. The molecule has 0 radical (unpaired) electrons. The summed E-state index contributed by atoms with van der Waals surface area (Å²) in [5.74, 6) is -0.0824. The SMILES string of the molecule is Cl.O=C1NCc2c(Cl)ccc(-c3cc4cc(CNc5ccc(CCO)cc5)ccc4[nH]3)c21. The Kier molecular flexibility index (Phi) is 6.42. The van der Waals surface area contributed by atoms with Crippen molar-refractivity contribution in [3.05, 3.63) is 87.9 Å². The van der Waals surface area contributed by atoms with Gasteiger partial charge >= 0.3 is 0 Å². The first-order valence-corrected chi connectivity index (χ1v) is 10.7. The predicted molar refractivity (Wildman–Crippen MR) is 132 cm³/mol. The Hall–Kier alpha value is -2.99. The standard InChI is InChI=1S/C25H22ClN3O2.ClH/c26-21-7-6-19(24-20(21)14-28-25(24)31)23-12-17-11-16(3-8-22(17)29-23)13-27-18-4-1-15(2-5-18)9-10-30;/h1-8,11-12,27,29-30H,9-10,13-14H2,(H,28,31);1H. The zero-order valence-corrected chi connectivity index (χ0v) is 18.8. The summed E-state index contributed by atoms with van der Waals surface area (Å²) in [5.41, 5.74) is 7.64. The molecule has 0 spiro atoms. The Morgan fingerprint density at radius 1 is 1.00 bits per heavy atom. The van der Waals surface area contributed by atoms with Crippen LogP contribution in [0.1, 0.15) is 27.0 Å². The molecule has 164 valence electrons. The number of rotatable bonds is 6. The first kappa shape index (κ1) is 22.2. The monoisotopic (exact) mass is 467 g/mol. The van der Waals surface area contributed by atoms with Gasteiger partial charge in [0.05, 0.1) is 5.56 Å². The lowest BCUT2D eigenvalue weighted by Crippen LogP contribution is -2.13. The largest absolute Gasteiger partial charge is 0.396 e. The predicted octanol–water partition coefficient (Wildman–Crippen LogP) is 5.30. The van der Waals surface area contributed by atoms with Gasteiger partial charge in [-0.15, -0.1) is 12.4 Å². The Balaban J connectivity index is 0.00000245. The number of aliphatic hydroxyl groups is 1. The lowest BCUT2D eigenvalue weighted by Gasteiger charge is -2.08. The van der Waals surface area contributed by atoms with E-state index in [1.165, 1.54) is 0 Å². The molecule has 5 rings (SSSR count). The number of carbonyl (C=O) groups is 1. The molecule has 4 aromatic rings. The molecule has 0 fully saturated rings. The third kappa shape index (κ3) is 4.19. The van der Waals surface area contributed by atoms with Gasteiger partial charge in [0.25, 0.3) is 5.91 Å². The van der Waals surface area contributed by atoms with Crippen molar-refractivity contribution in [1.29, 1.82) is 0 Å². The number of benzene rings is 3. The lowest BCUT2D eigenvalue weighted by atomic mass is 10.0. The third-order valence-electron chi connectivity index (χ3n) is 5.73. The van der Waals surface area contributed by atoms with Crippen molar-refractivity contribution in [2.45, 2.75) is 19.5 Å². The van der Waals surface area contributed by atoms with Gasteiger partial charge < -0.3 is 20.7 Å². The number of aromatic amines is 1. The summed E-state index contributed by atoms with van der Waals surface area (Å²) >= 11 is 6.28. The molecule has 1 aliphatic rings. The van der Waals surface area contributed by atoms with Crippen molar-refractivity contribution in [3.63, 3.8) is 0 Å². The van der Waals surface area contributed by atoms with Crippen LogP contribution >= 0.6 is 24.0 Å². The van der Waals surface area contributed by atoms with Crippen LogP contribution in [0.4, 0.5) is 5.69 Å². The molecule has 1 amide bonds. The Labute approximate surface area is 197 Å². The molecule has 0 unspecified atom stereocenters. The molecule has 0 atom stereocenters. The second-order valence-electron chi connectivity index (χ2n) is 7.76. The average molecular weight is 468 g/mol. The van der Waals surface area contributed by atoms with Crippen LogP contribution in [0, 0.1) is 0 Å². The maximum absolute atomic E-state index is 12.4. The van der Waals surface area contributed by atoms with Gasteiger partial charge in [0.15, 0.2) is 0 Å². The second-order valence-corrected chi connectivity index (χ2v) is 8.17. The summed E-state index contributed by atoms with van der Waals surface area (Å²) in [6.45, 7) is 1.33. The van der Waals surface area contributed by atoms with Crippen molar-refractivity contribution < 1.29 is 9.90 Å². The number of aromatic nitrogens is 1. The minimum absolute atomic E-state index is 0. The topological polar surface area (TPSA) is 77.2 Å². The number of fused-ring (bicyclic) bond motifs is 2. The quantitative estimate of drug-likeness (QED) is 0.310. The van der Waals surface area contributed by atoms with Crippen molar-refractivity contribution in [3.8, 4) is 11.3 Å². The number of amides is 1. The Morgan fingerprint density at radius 2 is 1.78 bits per heavy atom. The first-order valence-electron chi connectivity index (χ1n) is 10.3. The van der Waals surface area contributed by atoms with Gasteiger partial charge in [-0.1, -0.05) is 35.9 Å². The molecule has 4 N–H and O–H groups in total. The molecule has 7 heteroatoms. The van der Waals surface area contributed by atoms with Crippen LogP contribution in [-0.2, 0) is 19.5 Å². The fourth-order valence-corrected chi connectivity index (χ4v) is 4.32. The van der Waals surface area contributed by atoms with Gasteiger partial charge in [-0.3, -0.25) is 4.79 Å². The normalized spacial score (nSPS) is 12.4. The molecule has 2 heterocycles. The van der Waals surface area contributed by atoms with E-state index in [-0.39, 0.29) is 24.9 Å². The second kappa shape index (κ2) is 9.25. The maximum Gasteiger partial charge on any atom is 0.252 e. The zero-order chi connectivity index (χ0) is 21.4. The minimum atomic E-state index is -0.0824. The fourth-order valence-electron chi connectivity index (χ4n) is 4.10. The van der Waals surface area contributed by atoms with Gasteiger partial charge in [0.1, 0.15) is 0 Å². The van der Waals surface area contributed by atoms with E-state index in [9.17, 15) is 4.79 Å². The number of H-pyrrole nitrogens is 1. The van der Waals surface area contributed by atoms with Gasteiger partial charge in [-0.2, -0.15) is 0 Å². The van der Waals surface area contributed by atoms with Crippen molar-refractivity contribution >= 4 is 46.5 Å². The summed E-state index contributed by atoms with van der Waals surface area (Å²) in [5, 5.41) is 17.0. The number of hydrogen-bond acceptors (Lipinski definition) is 3. The Morgan fingerprint density at radius 3 is 2.56 bits per heavy atom. The van der Waals surface area contributed by atoms with Gasteiger partial charge in [0.2, 0.25) is 0 Å². The highest BCUT2D eigenvalue weighted by Gasteiger charge is 2.26. The highest BCUT2D eigenvalue weighted by atomic mass is 35.5. The minimum Gasteiger partial charge on any atom is -0.396 e. The number of halogens is 2. The summed E-state index contributed by atoms with van der Waals surface area (Å²) < 4.78 is 0. The van der Waals surface area contributed by atoms with Crippen LogP contribution in [0.3, 0.4) is 0 Å². The van der Waals surface area contributed by atoms with Crippen LogP contribution in [0.15, 0.2) is 60.7 Å². The van der Waals surface area contributed by atoms with E-state index in [2.05, 4.69) is 39.9 Å². The third-order valence-corrected chi connectivity index (χ3v) is 6.09. The number of anilines is 1. The summed E-state index contributed by atoms with van der Waals surface area (Å²) in [6.07, 6.45) is 0.672. The molecular formula is C25H23Cl2N3O2. The Bertz CT molecular complexity index is 1280. The van der Waals surface area contributed by atoms with Crippen molar-refractivity contribution in [2.75, 3.05) is 11.9 Å². The molecule has 1 aliphatic heterocycles. The van der Waals surface area contributed by atoms with E-state index in [1.807, 2.05) is 36.4 Å². The maximum atomic E-state index is 12.4. The van der Waals surface area contributed by atoms with Gasteiger partial charge in [-0.05, 0) is 53.9 Å². The van der Waals surface area contributed by atoms with Crippen molar-refractivity contribution in [2.24, 2.45) is 0 Å². The van der Waals surface area contributed by atoms with Crippen LogP contribution in [0.25, 0.3) is 22.2 Å². The average Bonchev–Trinajstić information content (AvgIpc) is 3.38. The summed E-state index contributed by atoms with van der Waals surface area (Å²) in [4.78, 5) is 15.8. The highest BCUT2D eigenvalue weighted by Crippen LogP contribution is 2.34. The van der Waals surface area contributed by atoms with Gasteiger partial charge in [-0.25, -0.2) is 0 Å². The molecule has 1 aromatic heterocycles. The first-order chi connectivity index (χ1) is 15.1. The molecule has 0 bridgehead atoms. The molecule has 5 nitrogen and oxygen atoms in total. The van der Waals surface area contributed by atoms with E-state index in [0.717, 1.165) is 44.5 Å². The highest BCUT2D eigenvalue weighted by molar-refractivity contribution is 6.32. The molecule has 32 heavy (non-hydrogen) atoms. The lowest BCUT2D eigenvalue weighted by molar-refractivity contribution is 0.0966. The van der Waals surface area contributed by atoms with Crippen molar-refractivity contribution in [1.82, 2.24) is 10.3 Å². The number of nitrogens with one attached hydrogen (secondary N) is 3. The van der Waals surface area contributed by atoms with E-state index in [4.69, 9.17) is 16.7 Å².